The van der Waals surface area contributed by atoms with Crippen molar-refractivity contribution in [2.75, 3.05) is 19.8 Å². The Morgan fingerprint density at radius 2 is 2.43 bits per heavy atom. The summed E-state index contributed by atoms with van der Waals surface area (Å²) in [4.78, 5) is 5.83. The van der Waals surface area contributed by atoms with Gasteiger partial charge in [-0.25, -0.2) is 0 Å². The quantitative estimate of drug-likeness (QED) is 0.889. The van der Waals surface area contributed by atoms with Gasteiger partial charge in [0.2, 0.25) is 5.89 Å². The van der Waals surface area contributed by atoms with E-state index >= 15 is 0 Å². The monoisotopic (exact) mass is 307 g/mol. The lowest BCUT2D eigenvalue weighted by molar-refractivity contribution is 0.0498. The third kappa shape index (κ3) is 3.70. The van der Waals surface area contributed by atoms with Crippen molar-refractivity contribution in [2.45, 2.75) is 38.1 Å². The second-order valence-corrected chi connectivity index (χ2v) is 6.37. The molecule has 2 aromatic heterocycles. The molecule has 3 rings (SSSR count). The summed E-state index contributed by atoms with van der Waals surface area (Å²) >= 11 is 1.72. The molecule has 0 bridgehead atoms. The molecule has 1 aliphatic heterocycles. The van der Waals surface area contributed by atoms with E-state index in [1.807, 2.05) is 6.07 Å². The Hall–Kier alpha value is -1.24. The van der Waals surface area contributed by atoms with E-state index < -0.39 is 0 Å². The number of hydrogen-bond acceptors (Lipinski definition) is 6. The number of ether oxygens (including phenoxy) is 1. The highest BCUT2D eigenvalue weighted by Gasteiger charge is 2.31. The molecule has 6 heteroatoms. The van der Waals surface area contributed by atoms with Gasteiger partial charge < -0.3 is 14.6 Å². The lowest BCUT2D eigenvalue weighted by atomic mass is 9.95. The largest absolute Gasteiger partial charge is 0.381 e. The summed E-state index contributed by atoms with van der Waals surface area (Å²) in [5, 5.41) is 9.75. The first-order valence-electron chi connectivity index (χ1n) is 7.52. The Morgan fingerprint density at radius 3 is 3.24 bits per heavy atom. The van der Waals surface area contributed by atoms with Gasteiger partial charge in [0, 0.05) is 23.9 Å². The van der Waals surface area contributed by atoms with Gasteiger partial charge in [0.15, 0.2) is 5.82 Å². The third-order valence-corrected chi connectivity index (χ3v) is 4.60. The molecule has 0 amide bonds. The molecule has 0 radical (unpaired) electrons. The van der Waals surface area contributed by atoms with Crippen molar-refractivity contribution >= 4 is 11.3 Å². The van der Waals surface area contributed by atoms with E-state index in [0.717, 1.165) is 38.2 Å². The number of hydrogen-bond donors (Lipinski definition) is 1. The van der Waals surface area contributed by atoms with Crippen LogP contribution in [0.4, 0.5) is 0 Å². The maximum absolute atomic E-state index is 5.60. The van der Waals surface area contributed by atoms with Crippen LogP contribution >= 0.6 is 11.3 Å². The molecule has 1 fully saturated rings. The molecule has 3 heterocycles. The number of rotatable bonds is 6. The number of aromatic nitrogens is 2. The first-order valence-corrected chi connectivity index (χ1v) is 8.40. The highest BCUT2D eigenvalue weighted by Crippen LogP contribution is 2.25. The van der Waals surface area contributed by atoms with E-state index in [1.165, 1.54) is 4.88 Å². The molecular formula is C15H21N3O2S. The maximum atomic E-state index is 5.60. The van der Waals surface area contributed by atoms with Gasteiger partial charge in [-0.2, -0.15) is 4.98 Å². The minimum absolute atomic E-state index is 0.162. The van der Waals surface area contributed by atoms with Crippen molar-refractivity contribution in [2.24, 2.45) is 0 Å². The highest BCUT2D eigenvalue weighted by atomic mass is 32.1. The Kier molecular flexibility index (Phi) is 5.00. The second kappa shape index (κ2) is 7.15. The molecule has 1 aliphatic rings. The average molecular weight is 307 g/mol. The molecule has 0 spiro atoms. The summed E-state index contributed by atoms with van der Waals surface area (Å²) in [6.07, 6.45) is 2.85. The number of thiophene rings is 1. The van der Waals surface area contributed by atoms with E-state index in [2.05, 4.69) is 33.8 Å². The minimum Gasteiger partial charge on any atom is -0.381 e. The lowest BCUT2D eigenvalue weighted by Gasteiger charge is -2.29. The first-order chi connectivity index (χ1) is 10.4. The first kappa shape index (κ1) is 14.7. The zero-order valence-corrected chi connectivity index (χ0v) is 13.1. The predicted octanol–water partition coefficient (Wildman–Crippen LogP) is 2.59. The molecule has 1 N–H and O–H groups in total. The summed E-state index contributed by atoms with van der Waals surface area (Å²) in [5.74, 6) is 1.62. The molecule has 21 heavy (non-hydrogen) atoms. The van der Waals surface area contributed by atoms with Crippen molar-refractivity contribution in [3.05, 3.63) is 34.1 Å². The molecule has 0 aromatic carbocycles. The van der Waals surface area contributed by atoms with Crippen LogP contribution < -0.4 is 5.32 Å². The molecule has 5 nitrogen and oxygen atoms in total. The van der Waals surface area contributed by atoms with Gasteiger partial charge in [0.1, 0.15) is 0 Å². The Morgan fingerprint density at radius 1 is 1.48 bits per heavy atom. The lowest BCUT2D eigenvalue weighted by Crippen LogP contribution is -2.41. The zero-order chi connectivity index (χ0) is 14.5. The summed E-state index contributed by atoms with van der Waals surface area (Å²) in [6, 6.07) is 4.50. The van der Waals surface area contributed by atoms with Crippen LogP contribution in [-0.4, -0.2) is 35.9 Å². The topological polar surface area (TPSA) is 60.2 Å². The highest BCUT2D eigenvalue weighted by molar-refractivity contribution is 7.09. The van der Waals surface area contributed by atoms with Gasteiger partial charge in [0.05, 0.1) is 12.5 Å². The molecule has 0 aliphatic carbocycles. The van der Waals surface area contributed by atoms with E-state index in [1.54, 1.807) is 11.3 Å². The van der Waals surface area contributed by atoms with Gasteiger partial charge in [0.25, 0.3) is 0 Å². The van der Waals surface area contributed by atoms with Gasteiger partial charge in [-0.3, -0.25) is 0 Å². The Labute approximate surface area is 128 Å². The van der Waals surface area contributed by atoms with Gasteiger partial charge in [-0.1, -0.05) is 18.1 Å². The molecule has 2 aromatic rings. The maximum Gasteiger partial charge on any atom is 0.233 e. The van der Waals surface area contributed by atoms with Crippen molar-refractivity contribution < 1.29 is 9.26 Å². The normalized spacial score (nSPS) is 22.5. The molecule has 1 saturated heterocycles. The summed E-state index contributed by atoms with van der Waals surface area (Å²) in [6.45, 7) is 4.64. The van der Waals surface area contributed by atoms with Crippen LogP contribution in [0.1, 0.15) is 42.3 Å². The fourth-order valence-corrected chi connectivity index (χ4v) is 3.32. The SMILES string of the molecule is CCCNC1CCOCC1c1nc(Cc2cccs2)no1. The molecule has 0 saturated carbocycles. The van der Waals surface area contributed by atoms with E-state index in [-0.39, 0.29) is 5.92 Å². The standard InChI is InChI=1S/C15H21N3O2S/c1-2-6-16-13-5-7-19-10-12(13)15-17-14(18-20-15)9-11-4-3-8-21-11/h3-4,8,12-13,16H,2,5-7,9-10H2,1H3. The fraction of sp³-hybridized carbons (Fsp3) is 0.600. The van der Waals surface area contributed by atoms with Crippen LogP contribution in [0.25, 0.3) is 0 Å². The molecule has 2 atom stereocenters. The average Bonchev–Trinajstić information content (AvgIpc) is 3.18. The fourth-order valence-electron chi connectivity index (χ4n) is 2.61. The van der Waals surface area contributed by atoms with Crippen molar-refractivity contribution in [3.8, 4) is 0 Å². The molecule has 114 valence electrons. The zero-order valence-electron chi connectivity index (χ0n) is 12.2. The van der Waals surface area contributed by atoms with Crippen LogP contribution in [0.2, 0.25) is 0 Å². The van der Waals surface area contributed by atoms with Crippen molar-refractivity contribution in [1.82, 2.24) is 15.5 Å². The van der Waals surface area contributed by atoms with Gasteiger partial charge in [-0.05, 0) is 30.8 Å². The smallest absolute Gasteiger partial charge is 0.233 e. The number of nitrogens with zero attached hydrogens (tertiary/aromatic N) is 2. The number of nitrogens with one attached hydrogen (secondary N) is 1. The van der Waals surface area contributed by atoms with Crippen LogP contribution in [0.3, 0.4) is 0 Å². The van der Waals surface area contributed by atoms with Gasteiger partial charge in [-0.15, -0.1) is 11.3 Å². The summed E-state index contributed by atoms with van der Waals surface area (Å²) < 4.78 is 11.1. The van der Waals surface area contributed by atoms with Gasteiger partial charge >= 0.3 is 0 Å². The Bertz CT molecular complexity index is 541. The minimum atomic E-state index is 0.162. The second-order valence-electron chi connectivity index (χ2n) is 5.34. The van der Waals surface area contributed by atoms with E-state index in [0.29, 0.717) is 18.5 Å². The molecule has 2 unspecified atom stereocenters. The van der Waals surface area contributed by atoms with Crippen LogP contribution in [0.5, 0.6) is 0 Å². The Balaban J connectivity index is 1.68. The third-order valence-electron chi connectivity index (χ3n) is 3.73. The predicted molar refractivity (Wildman–Crippen MR) is 81.7 cm³/mol. The van der Waals surface area contributed by atoms with E-state index in [4.69, 9.17) is 9.26 Å². The van der Waals surface area contributed by atoms with Crippen LogP contribution in [0, 0.1) is 0 Å². The van der Waals surface area contributed by atoms with Crippen molar-refractivity contribution in [3.63, 3.8) is 0 Å². The van der Waals surface area contributed by atoms with Crippen LogP contribution in [-0.2, 0) is 11.2 Å². The van der Waals surface area contributed by atoms with Crippen molar-refractivity contribution in [1.29, 1.82) is 0 Å². The molecular weight excluding hydrogens is 286 g/mol. The van der Waals surface area contributed by atoms with E-state index in [9.17, 15) is 0 Å². The van der Waals surface area contributed by atoms with Crippen LogP contribution in [0.15, 0.2) is 22.0 Å². The summed E-state index contributed by atoms with van der Waals surface area (Å²) in [7, 11) is 0. The summed E-state index contributed by atoms with van der Waals surface area (Å²) in [5.41, 5.74) is 0.